The van der Waals surface area contributed by atoms with Crippen LogP contribution in [0.3, 0.4) is 0 Å². The van der Waals surface area contributed by atoms with Crippen molar-refractivity contribution in [3.8, 4) is 0 Å². The van der Waals surface area contributed by atoms with E-state index >= 15 is 0 Å². The normalized spacial score (nSPS) is 10.8. The average molecular weight is 247 g/mol. The zero-order chi connectivity index (χ0) is 12.8. The molecule has 0 aliphatic carbocycles. The van der Waals surface area contributed by atoms with Gasteiger partial charge in [-0.3, -0.25) is 0 Å². The lowest BCUT2D eigenvalue weighted by Gasteiger charge is -2.07. The number of halogens is 1. The second-order valence-electron chi connectivity index (χ2n) is 4.30. The fourth-order valence-electron chi connectivity index (χ4n) is 1.92. The Balaban J connectivity index is 2.00. The number of nitrogens with one attached hydrogen (secondary N) is 1. The molecule has 18 heavy (non-hydrogen) atoms. The Bertz CT molecular complexity index is 476. The van der Waals surface area contributed by atoms with Gasteiger partial charge in [0.1, 0.15) is 11.6 Å². The molecule has 2 rings (SSSR count). The lowest BCUT2D eigenvalue weighted by atomic mass is 10.1. The number of imidazole rings is 1. The Morgan fingerprint density at radius 2 is 2.06 bits per heavy atom. The van der Waals surface area contributed by atoms with E-state index in [0.717, 1.165) is 37.3 Å². The minimum absolute atomic E-state index is 0.198. The van der Waals surface area contributed by atoms with Gasteiger partial charge in [-0.15, -0.1) is 0 Å². The molecule has 0 atom stereocenters. The predicted octanol–water partition coefficient (Wildman–Crippen LogP) is 2.22. The summed E-state index contributed by atoms with van der Waals surface area (Å²) in [6.45, 7) is 1.95. The highest BCUT2D eigenvalue weighted by atomic mass is 19.1. The number of aryl methyl sites for hydroxylation is 1. The highest BCUT2D eigenvalue weighted by Gasteiger charge is 2.04. The van der Waals surface area contributed by atoms with Gasteiger partial charge in [0.2, 0.25) is 0 Å². The molecule has 0 unspecified atom stereocenters. The second kappa shape index (κ2) is 6.31. The van der Waals surface area contributed by atoms with Crippen LogP contribution in [0.5, 0.6) is 0 Å². The summed E-state index contributed by atoms with van der Waals surface area (Å²) in [5, 5.41) is 3.13. The van der Waals surface area contributed by atoms with Gasteiger partial charge in [0.25, 0.3) is 0 Å². The zero-order valence-corrected chi connectivity index (χ0v) is 10.6. The molecule has 96 valence electrons. The Hall–Kier alpha value is -1.68. The fraction of sp³-hybridized carbons (Fsp3) is 0.357. The van der Waals surface area contributed by atoms with Gasteiger partial charge in [-0.2, -0.15) is 0 Å². The van der Waals surface area contributed by atoms with Gasteiger partial charge in [-0.1, -0.05) is 12.1 Å². The summed E-state index contributed by atoms with van der Waals surface area (Å²) < 4.78 is 15.0. The van der Waals surface area contributed by atoms with E-state index in [4.69, 9.17) is 0 Å². The molecular formula is C14H18FN3. The monoisotopic (exact) mass is 247 g/mol. The quantitative estimate of drug-likeness (QED) is 0.793. The van der Waals surface area contributed by atoms with Crippen LogP contribution in [0.15, 0.2) is 36.7 Å². The summed E-state index contributed by atoms with van der Waals surface area (Å²) in [5.74, 6) is 0.828. The summed E-state index contributed by atoms with van der Waals surface area (Å²) in [7, 11) is 1.95. The highest BCUT2D eigenvalue weighted by Crippen LogP contribution is 2.09. The maximum Gasteiger partial charge on any atom is 0.123 e. The summed E-state index contributed by atoms with van der Waals surface area (Å²) in [6.07, 6.45) is 5.63. The van der Waals surface area contributed by atoms with Crippen molar-refractivity contribution in [1.29, 1.82) is 0 Å². The van der Waals surface area contributed by atoms with Crippen molar-refractivity contribution in [2.75, 3.05) is 13.6 Å². The third kappa shape index (κ3) is 3.40. The standard InChI is InChI=1S/C14H18FN3/c1-16-7-2-9-18-10-8-17-14(18)11-12-3-5-13(15)6-4-12/h3-6,8,10,16H,2,7,9,11H2,1H3. The van der Waals surface area contributed by atoms with Gasteiger partial charge in [0.15, 0.2) is 0 Å². The molecule has 0 aliphatic rings. The first-order valence-electron chi connectivity index (χ1n) is 6.18. The van der Waals surface area contributed by atoms with Crippen molar-refractivity contribution in [3.63, 3.8) is 0 Å². The largest absolute Gasteiger partial charge is 0.335 e. The first-order chi connectivity index (χ1) is 8.79. The smallest absolute Gasteiger partial charge is 0.123 e. The van der Waals surface area contributed by atoms with Gasteiger partial charge in [0.05, 0.1) is 0 Å². The molecule has 0 saturated heterocycles. The zero-order valence-electron chi connectivity index (χ0n) is 10.6. The lowest BCUT2D eigenvalue weighted by Crippen LogP contribution is -2.12. The number of hydrogen-bond donors (Lipinski definition) is 1. The molecule has 4 heteroatoms. The van der Waals surface area contributed by atoms with E-state index in [1.807, 2.05) is 31.6 Å². The van der Waals surface area contributed by atoms with E-state index < -0.39 is 0 Å². The highest BCUT2D eigenvalue weighted by molar-refractivity contribution is 5.20. The van der Waals surface area contributed by atoms with Crippen LogP contribution < -0.4 is 5.32 Å². The van der Waals surface area contributed by atoms with Crippen LogP contribution in [-0.2, 0) is 13.0 Å². The van der Waals surface area contributed by atoms with Crippen molar-refractivity contribution in [2.45, 2.75) is 19.4 Å². The van der Waals surface area contributed by atoms with Gasteiger partial charge < -0.3 is 9.88 Å². The Kier molecular flexibility index (Phi) is 4.47. The topological polar surface area (TPSA) is 29.9 Å². The van der Waals surface area contributed by atoms with E-state index in [0.29, 0.717) is 0 Å². The first kappa shape index (κ1) is 12.8. The van der Waals surface area contributed by atoms with E-state index in [1.165, 1.54) is 12.1 Å². The van der Waals surface area contributed by atoms with Crippen molar-refractivity contribution in [2.24, 2.45) is 0 Å². The SMILES string of the molecule is CNCCCn1ccnc1Cc1ccc(F)cc1. The third-order valence-electron chi connectivity index (χ3n) is 2.90. The van der Waals surface area contributed by atoms with Gasteiger partial charge in [-0.25, -0.2) is 9.37 Å². The third-order valence-corrected chi connectivity index (χ3v) is 2.90. The Morgan fingerprint density at radius 3 is 2.78 bits per heavy atom. The first-order valence-corrected chi connectivity index (χ1v) is 6.18. The molecule has 1 N–H and O–H groups in total. The molecule has 1 heterocycles. The van der Waals surface area contributed by atoms with Gasteiger partial charge in [-0.05, 0) is 37.7 Å². The van der Waals surface area contributed by atoms with Crippen molar-refractivity contribution in [1.82, 2.24) is 14.9 Å². The molecular weight excluding hydrogens is 229 g/mol. The van der Waals surface area contributed by atoms with Crippen molar-refractivity contribution in [3.05, 3.63) is 53.9 Å². The minimum Gasteiger partial charge on any atom is -0.335 e. The van der Waals surface area contributed by atoms with Crippen LogP contribution in [0.25, 0.3) is 0 Å². The fourth-order valence-corrected chi connectivity index (χ4v) is 1.92. The number of nitrogens with zero attached hydrogens (tertiary/aromatic N) is 2. The summed E-state index contributed by atoms with van der Waals surface area (Å²) in [5.41, 5.74) is 1.08. The van der Waals surface area contributed by atoms with Crippen molar-refractivity contribution >= 4 is 0 Å². The second-order valence-corrected chi connectivity index (χ2v) is 4.30. The number of hydrogen-bond acceptors (Lipinski definition) is 2. The minimum atomic E-state index is -0.198. The number of rotatable bonds is 6. The molecule has 0 fully saturated rings. The van der Waals surface area contributed by atoms with E-state index in [1.54, 1.807) is 0 Å². The summed E-state index contributed by atoms with van der Waals surface area (Å²) in [4.78, 5) is 4.36. The molecule has 1 aromatic carbocycles. The molecule has 0 radical (unpaired) electrons. The molecule has 0 spiro atoms. The van der Waals surface area contributed by atoms with Crippen LogP contribution in [0.2, 0.25) is 0 Å². The molecule has 0 bridgehead atoms. The summed E-state index contributed by atoms with van der Waals surface area (Å²) >= 11 is 0. The maximum atomic E-state index is 12.8. The molecule has 0 aliphatic heterocycles. The van der Waals surface area contributed by atoms with Gasteiger partial charge >= 0.3 is 0 Å². The van der Waals surface area contributed by atoms with Crippen molar-refractivity contribution < 1.29 is 4.39 Å². The summed E-state index contributed by atoms with van der Waals surface area (Å²) in [6, 6.07) is 6.59. The van der Waals surface area contributed by atoms with Crippen LogP contribution in [0.1, 0.15) is 17.8 Å². The molecule has 0 amide bonds. The van der Waals surface area contributed by atoms with Gasteiger partial charge in [0, 0.05) is 25.4 Å². The number of aromatic nitrogens is 2. The Morgan fingerprint density at radius 1 is 1.28 bits per heavy atom. The maximum absolute atomic E-state index is 12.8. The van der Waals surface area contributed by atoms with Crippen LogP contribution in [0, 0.1) is 5.82 Å². The van der Waals surface area contributed by atoms with Crippen LogP contribution >= 0.6 is 0 Å². The van der Waals surface area contributed by atoms with Crippen LogP contribution in [-0.4, -0.2) is 23.1 Å². The van der Waals surface area contributed by atoms with E-state index in [9.17, 15) is 4.39 Å². The lowest BCUT2D eigenvalue weighted by molar-refractivity contribution is 0.594. The average Bonchev–Trinajstić information content (AvgIpc) is 2.80. The predicted molar refractivity (Wildman–Crippen MR) is 70.0 cm³/mol. The molecule has 0 saturated carbocycles. The van der Waals surface area contributed by atoms with E-state index in [2.05, 4.69) is 14.9 Å². The molecule has 2 aromatic rings. The molecule has 3 nitrogen and oxygen atoms in total. The molecule has 1 aromatic heterocycles. The number of benzene rings is 1. The van der Waals surface area contributed by atoms with E-state index in [-0.39, 0.29) is 5.82 Å². The van der Waals surface area contributed by atoms with Crippen LogP contribution in [0.4, 0.5) is 4.39 Å². The Labute approximate surface area is 107 Å².